The highest BCUT2D eigenvalue weighted by Crippen LogP contribution is 2.30. The largest absolute Gasteiger partial charge is 0.179 e. The first-order chi connectivity index (χ1) is 6.86. The molecule has 0 heterocycles. The third kappa shape index (κ3) is 4.97. The standard InChI is InChI=1S/C12H24S2/c1-2-6-11(9-13)10-14-12-7-4-3-5-8-12/h11-13H,2-10H2,1H3. The fraction of sp³-hybridized carbons (Fsp3) is 1.00. The Kier molecular flexibility index (Phi) is 7.23. The van der Waals surface area contributed by atoms with E-state index in [2.05, 4.69) is 31.3 Å². The van der Waals surface area contributed by atoms with E-state index in [9.17, 15) is 0 Å². The van der Waals surface area contributed by atoms with Gasteiger partial charge in [-0.05, 0) is 36.7 Å². The molecule has 0 aromatic rings. The van der Waals surface area contributed by atoms with Gasteiger partial charge >= 0.3 is 0 Å². The summed E-state index contributed by atoms with van der Waals surface area (Å²) in [5, 5.41) is 0.975. The number of hydrogen-bond acceptors (Lipinski definition) is 2. The van der Waals surface area contributed by atoms with E-state index in [-0.39, 0.29) is 0 Å². The number of thioether (sulfide) groups is 1. The quantitative estimate of drug-likeness (QED) is 0.662. The van der Waals surface area contributed by atoms with Gasteiger partial charge in [-0.25, -0.2) is 0 Å². The van der Waals surface area contributed by atoms with E-state index in [0.717, 1.165) is 16.9 Å². The molecule has 0 nitrogen and oxygen atoms in total. The summed E-state index contributed by atoms with van der Waals surface area (Å²) in [5.41, 5.74) is 0. The van der Waals surface area contributed by atoms with Crippen LogP contribution in [0.15, 0.2) is 0 Å². The number of thiol groups is 1. The Balaban J connectivity index is 2.10. The first-order valence-corrected chi connectivity index (χ1v) is 7.77. The summed E-state index contributed by atoms with van der Waals surface area (Å²) in [4.78, 5) is 0. The van der Waals surface area contributed by atoms with Crippen molar-refractivity contribution in [2.75, 3.05) is 11.5 Å². The Bertz CT molecular complexity index is 126. The van der Waals surface area contributed by atoms with Gasteiger partial charge in [-0.3, -0.25) is 0 Å². The van der Waals surface area contributed by atoms with Crippen molar-refractivity contribution in [2.45, 2.75) is 57.1 Å². The van der Waals surface area contributed by atoms with Gasteiger partial charge < -0.3 is 0 Å². The predicted octanol–water partition coefficient (Wildman–Crippen LogP) is 4.40. The molecule has 0 saturated heterocycles. The Labute approximate surface area is 99.0 Å². The molecular weight excluding hydrogens is 208 g/mol. The van der Waals surface area contributed by atoms with Crippen LogP contribution < -0.4 is 0 Å². The fourth-order valence-electron chi connectivity index (χ4n) is 2.14. The zero-order valence-electron chi connectivity index (χ0n) is 9.37. The molecule has 14 heavy (non-hydrogen) atoms. The van der Waals surface area contributed by atoms with Crippen molar-refractivity contribution in [2.24, 2.45) is 5.92 Å². The van der Waals surface area contributed by atoms with Gasteiger partial charge in [-0.2, -0.15) is 24.4 Å². The molecule has 0 aromatic heterocycles. The monoisotopic (exact) mass is 232 g/mol. The third-order valence-electron chi connectivity index (χ3n) is 3.07. The predicted molar refractivity (Wildman–Crippen MR) is 71.6 cm³/mol. The molecule has 1 atom stereocenters. The SMILES string of the molecule is CCCC(CS)CSC1CCCCC1. The van der Waals surface area contributed by atoms with Gasteiger partial charge in [-0.15, -0.1) is 0 Å². The van der Waals surface area contributed by atoms with Crippen molar-refractivity contribution in [3.63, 3.8) is 0 Å². The Morgan fingerprint density at radius 3 is 2.57 bits per heavy atom. The molecule has 1 rings (SSSR count). The molecule has 0 radical (unpaired) electrons. The summed E-state index contributed by atoms with van der Waals surface area (Å²) in [5.74, 6) is 3.28. The molecule has 1 saturated carbocycles. The highest BCUT2D eigenvalue weighted by Gasteiger charge is 2.15. The lowest BCUT2D eigenvalue weighted by Gasteiger charge is -2.23. The minimum Gasteiger partial charge on any atom is -0.179 e. The normalized spacial score (nSPS) is 21.0. The lowest BCUT2D eigenvalue weighted by atomic mass is 10.0. The zero-order chi connectivity index (χ0) is 10.2. The second kappa shape index (κ2) is 7.92. The molecule has 1 unspecified atom stereocenters. The van der Waals surface area contributed by atoms with Gasteiger partial charge in [0.1, 0.15) is 0 Å². The van der Waals surface area contributed by atoms with Crippen molar-refractivity contribution in [1.29, 1.82) is 0 Å². The van der Waals surface area contributed by atoms with Crippen molar-refractivity contribution < 1.29 is 0 Å². The van der Waals surface area contributed by atoms with E-state index in [1.54, 1.807) is 0 Å². The van der Waals surface area contributed by atoms with Gasteiger partial charge in [0.25, 0.3) is 0 Å². The molecule has 2 heteroatoms. The van der Waals surface area contributed by atoms with Crippen molar-refractivity contribution in [3.8, 4) is 0 Å². The van der Waals surface area contributed by atoms with Gasteiger partial charge in [-0.1, -0.05) is 32.6 Å². The highest BCUT2D eigenvalue weighted by molar-refractivity contribution is 7.99. The molecule has 1 aliphatic rings. The molecule has 84 valence electrons. The fourth-order valence-corrected chi connectivity index (χ4v) is 4.12. The van der Waals surface area contributed by atoms with E-state index >= 15 is 0 Å². The molecule has 0 amide bonds. The molecule has 1 fully saturated rings. The minimum atomic E-state index is 0.857. The Morgan fingerprint density at radius 2 is 2.00 bits per heavy atom. The van der Waals surface area contributed by atoms with Crippen LogP contribution in [0.3, 0.4) is 0 Å². The van der Waals surface area contributed by atoms with Crippen LogP contribution in [0.25, 0.3) is 0 Å². The Morgan fingerprint density at radius 1 is 1.29 bits per heavy atom. The van der Waals surface area contributed by atoms with Gasteiger partial charge in [0, 0.05) is 5.25 Å². The van der Waals surface area contributed by atoms with Crippen LogP contribution in [0.5, 0.6) is 0 Å². The van der Waals surface area contributed by atoms with Gasteiger partial charge in [0.15, 0.2) is 0 Å². The van der Waals surface area contributed by atoms with Crippen LogP contribution in [0.2, 0.25) is 0 Å². The summed E-state index contributed by atoms with van der Waals surface area (Å²) in [6.45, 7) is 2.28. The summed E-state index contributed by atoms with van der Waals surface area (Å²) in [6, 6.07) is 0. The molecule has 0 spiro atoms. The summed E-state index contributed by atoms with van der Waals surface area (Å²) < 4.78 is 0. The summed E-state index contributed by atoms with van der Waals surface area (Å²) in [7, 11) is 0. The highest BCUT2D eigenvalue weighted by atomic mass is 32.2. The topological polar surface area (TPSA) is 0 Å². The van der Waals surface area contributed by atoms with Crippen LogP contribution in [-0.2, 0) is 0 Å². The molecule has 0 bridgehead atoms. The number of hydrogen-bond donors (Lipinski definition) is 1. The maximum absolute atomic E-state index is 4.43. The van der Waals surface area contributed by atoms with Crippen LogP contribution in [-0.4, -0.2) is 16.8 Å². The lowest BCUT2D eigenvalue weighted by Crippen LogP contribution is -2.13. The first-order valence-electron chi connectivity index (χ1n) is 6.09. The van der Waals surface area contributed by atoms with E-state index in [4.69, 9.17) is 0 Å². The maximum atomic E-state index is 4.43. The van der Waals surface area contributed by atoms with Crippen LogP contribution in [0.1, 0.15) is 51.9 Å². The molecule has 0 aromatic carbocycles. The molecule has 0 aliphatic heterocycles. The minimum absolute atomic E-state index is 0.857. The summed E-state index contributed by atoms with van der Waals surface area (Å²) >= 11 is 6.66. The maximum Gasteiger partial charge on any atom is 0.00471 e. The molecule has 1 aliphatic carbocycles. The van der Waals surface area contributed by atoms with E-state index < -0.39 is 0 Å². The number of rotatable bonds is 6. The van der Waals surface area contributed by atoms with Gasteiger partial charge in [0.2, 0.25) is 0 Å². The van der Waals surface area contributed by atoms with Crippen LogP contribution >= 0.6 is 24.4 Å². The average molecular weight is 232 g/mol. The van der Waals surface area contributed by atoms with Crippen molar-refractivity contribution >= 4 is 24.4 Å². The Hall–Kier alpha value is 0.700. The van der Waals surface area contributed by atoms with E-state index in [0.29, 0.717) is 0 Å². The molecule has 0 N–H and O–H groups in total. The average Bonchev–Trinajstić information content (AvgIpc) is 2.25. The van der Waals surface area contributed by atoms with E-state index in [1.165, 1.54) is 50.7 Å². The van der Waals surface area contributed by atoms with Crippen LogP contribution in [0.4, 0.5) is 0 Å². The molecular formula is C12H24S2. The smallest absolute Gasteiger partial charge is 0.00471 e. The third-order valence-corrected chi connectivity index (χ3v) is 5.20. The summed E-state index contributed by atoms with van der Waals surface area (Å²) in [6.07, 6.45) is 10.0. The lowest BCUT2D eigenvalue weighted by molar-refractivity contribution is 0.513. The zero-order valence-corrected chi connectivity index (χ0v) is 11.1. The first kappa shape index (κ1) is 12.8. The van der Waals surface area contributed by atoms with Crippen molar-refractivity contribution in [3.05, 3.63) is 0 Å². The second-order valence-corrected chi connectivity index (χ2v) is 6.13. The van der Waals surface area contributed by atoms with E-state index in [1.807, 2.05) is 0 Å². The van der Waals surface area contributed by atoms with Crippen LogP contribution in [0, 0.1) is 5.92 Å². The van der Waals surface area contributed by atoms with Gasteiger partial charge in [0.05, 0.1) is 0 Å². The second-order valence-electron chi connectivity index (χ2n) is 4.43. The van der Waals surface area contributed by atoms with Crippen molar-refractivity contribution in [1.82, 2.24) is 0 Å².